The average Bonchev–Trinajstić information content (AvgIpc) is 4.38. The van der Waals surface area contributed by atoms with Crippen molar-refractivity contribution in [2.75, 3.05) is 49.3 Å². The van der Waals surface area contributed by atoms with Crippen LogP contribution >= 0.6 is 15.9 Å². The van der Waals surface area contributed by atoms with Crippen LogP contribution in [0.1, 0.15) is 48.4 Å². The number of aromatic nitrogens is 4. The summed E-state index contributed by atoms with van der Waals surface area (Å²) < 4.78 is 109. The second-order valence-corrected chi connectivity index (χ2v) is 24.7. The van der Waals surface area contributed by atoms with Gasteiger partial charge >= 0.3 is 7.12 Å². The number of rotatable bonds is 10. The van der Waals surface area contributed by atoms with Crippen molar-refractivity contribution in [3.8, 4) is 33.8 Å². The van der Waals surface area contributed by atoms with Gasteiger partial charge in [-0.1, -0.05) is 0 Å². The molecule has 0 bridgehead atoms. The molecule has 80 heavy (non-hydrogen) atoms. The Kier molecular flexibility index (Phi) is 15.4. The summed E-state index contributed by atoms with van der Waals surface area (Å²) in [6.45, 7) is 7.58. The molecule has 18 nitrogen and oxygen atoms in total. The number of amides is 2. The van der Waals surface area contributed by atoms with E-state index in [4.69, 9.17) is 18.1 Å². The van der Waals surface area contributed by atoms with E-state index in [-0.39, 0.29) is 34.1 Å². The monoisotopic (exact) mass is 1190 g/mol. The maximum absolute atomic E-state index is 13.5. The Morgan fingerprint density at radius 2 is 1.04 bits per heavy atom. The number of anilines is 2. The van der Waals surface area contributed by atoms with E-state index in [1.807, 2.05) is 79.4 Å². The van der Waals surface area contributed by atoms with Gasteiger partial charge in [-0.05, 0) is 129 Å². The first-order valence-electron chi connectivity index (χ1n) is 24.6. The van der Waals surface area contributed by atoms with E-state index in [1.165, 1.54) is 81.0 Å². The fourth-order valence-electron chi connectivity index (χ4n) is 8.84. The van der Waals surface area contributed by atoms with Gasteiger partial charge in [0, 0.05) is 120 Å². The molecule has 0 unspecified atom stereocenters. The van der Waals surface area contributed by atoms with Crippen LogP contribution in [0.15, 0.2) is 148 Å². The van der Waals surface area contributed by atoms with Crippen LogP contribution in [0.25, 0.3) is 67.0 Å². The van der Waals surface area contributed by atoms with Crippen LogP contribution in [0.4, 0.5) is 20.2 Å². The summed E-state index contributed by atoms with van der Waals surface area (Å²) in [5, 5.41) is 6.19. The van der Waals surface area contributed by atoms with Crippen molar-refractivity contribution >= 4 is 105 Å². The average molecular weight is 1190 g/mol. The Morgan fingerprint density at radius 1 is 0.613 bits per heavy atom. The van der Waals surface area contributed by atoms with Crippen molar-refractivity contribution in [2.45, 2.75) is 38.9 Å². The van der Waals surface area contributed by atoms with Gasteiger partial charge in [-0.25, -0.2) is 35.6 Å². The minimum atomic E-state index is -3.66. The third-order valence-electron chi connectivity index (χ3n) is 14.0. The van der Waals surface area contributed by atoms with Gasteiger partial charge < -0.3 is 37.6 Å². The van der Waals surface area contributed by atoms with E-state index in [0.717, 1.165) is 38.1 Å². The summed E-state index contributed by atoms with van der Waals surface area (Å²) in [6.07, 6.45) is 13.2. The summed E-state index contributed by atoms with van der Waals surface area (Å²) in [4.78, 5) is 34.3. The minimum Gasteiger partial charge on any atom is -0.455 e. The van der Waals surface area contributed by atoms with E-state index in [0.29, 0.717) is 49.9 Å². The van der Waals surface area contributed by atoms with Gasteiger partial charge in [0.1, 0.15) is 45.6 Å². The number of halogens is 3. The smallest absolute Gasteiger partial charge is 0.455 e. The number of benzene rings is 4. The van der Waals surface area contributed by atoms with Crippen LogP contribution in [-0.4, -0.2) is 106 Å². The summed E-state index contributed by atoms with van der Waals surface area (Å²) in [5.41, 5.74) is 4.89. The Hall–Kier alpha value is -7.90. The fraction of sp³-hybridized carbons (Fsp3) is 0.214. The molecule has 0 atom stereocenters. The van der Waals surface area contributed by atoms with Crippen LogP contribution in [0, 0.1) is 11.6 Å². The zero-order valence-corrected chi connectivity index (χ0v) is 48.2. The normalized spacial score (nSPS) is 13.9. The van der Waals surface area contributed by atoms with Crippen LogP contribution in [0.2, 0.25) is 0 Å². The molecule has 1 aliphatic heterocycles. The number of nitrogens with zero attached hydrogens (tertiary/aromatic N) is 6. The number of carbonyl (C=O) groups excluding carboxylic acids is 2. The third kappa shape index (κ3) is 11.2. The highest BCUT2D eigenvalue weighted by molar-refractivity contribution is 9.10. The van der Waals surface area contributed by atoms with Crippen LogP contribution in [-0.2, 0) is 29.4 Å². The standard InChI is InChI=1S/C25H21FN4O4S.C24H28BFN2O6S.C7H5BrN2/c1-27-25(31)23-19-12-18(16-6-9-22-28-10-11-30(22)14-16)20(29(2)35(3,32)33)13-21(19)34-24(23)15-4-7-17(26)8-5-15;1-23(2)24(3,4)34-25(33-23)17-12-16-19(13-18(17)28(6)35(7,30)31)32-21(20(16)22(29)27-5)14-8-10-15(26)11-9-14;8-6-1-2-7-9-3-4-10(7)5-6/h4-14H,1-3H3,(H,27,31);8-13H,1-7H3,(H,27,29);1-5H. The predicted molar refractivity (Wildman–Crippen MR) is 309 cm³/mol. The second-order valence-electron chi connectivity index (χ2n) is 19.8. The topological polar surface area (TPSA) is 212 Å². The van der Waals surface area contributed by atoms with Crippen molar-refractivity contribution in [1.82, 2.24) is 29.4 Å². The van der Waals surface area contributed by atoms with Crippen molar-refractivity contribution in [3.63, 3.8) is 0 Å². The number of nitrogens with one attached hydrogen (secondary N) is 2. The first-order chi connectivity index (χ1) is 37.7. The van der Waals surface area contributed by atoms with Gasteiger partial charge in [-0.2, -0.15) is 0 Å². The van der Waals surface area contributed by atoms with E-state index in [9.17, 15) is 35.2 Å². The third-order valence-corrected chi connectivity index (χ3v) is 16.9. The lowest BCUT2D eigenvalue weighted by Crippen LogP contribution is -2.41. The van der Waals surface area contributed by atoms with E-state index < -0.39 is 55.9 Å². The molecule has 0 spiro atoms. The molecule has 2 amide bonds. The molecule has 10 aromatic rings. The van der Waals surface area contributed by atoms with Crippen molar-refractivity contribution in [2.24, 2.45) is 0 Å². The minimum absolute atomic E-state index is 0.235. The van der Waals surface area contributed by atoms with Gasteiger partial charge in [-0.15, -0.1) is 0 Å². The van der Waals surface area contributed by atoms with Gasteiger partial charge in [0.25, 0.3) is 11.8 Å². The molecule has 6 aromatic heterocycles. The second kappa shape index (κ2) is 21.6. The summed E-state index contributed by atoms with van der Waals surface area (Å²) in [6, 6.07) is 25.3. The van der Waals surface area contributed by atoms with Gasteiger partial charge in [-0.3, -0.25) is 18.2 Å². The molecule has 1 aliphatic rings. The van der Waals surface area contributed by atoms with E-state index in [1.54, 1.807) is 42.9 Å². The lowest BCUT2D eigenvalue weighted by Gasteiger charge is -2.32. The summed E-state index contributed by atoms with van der Waals surface area (Å²) >= 11 is 3.37. The highest BCUT2D eigenvalue weighted by Crippen LogP contribution is 2.43. The van der Waals surface area contributed by atoms with Gasteiger partial charge in [0.05, 0.1) is 46.2 Å². The molecule has 11 rings (SSSR count). The number of carbonyl (C=O) groups is 2. The molecule has 0 saturated carbocycles. The lowest BCUT2D eigenvalue weighted by atomic mass is 9.77. The molecule has 7 heterocycles. The van der Waals surface area contributed by atoms with Crippen molar-refractivity contribution < 1.29 is 53.3 Å². The Labute approximate surface area is 468 Å². The Bertz CT molecular complexity index is 4240. The van der Waals surface area contributed by atoms with E-state index in [2.05, 4.69) is 36.5 Å². The summed E-state index contributed by atoms with van der Waals surface area (Å²) in [7, 11) is -2.28. The molecular formula is C56H54BBrF2N8O10S2. The number of imidazole rings is 2. The highest BCUT2D eigenvalue weighted by Gasteiger charge is 2.53. The van der Waals surface area contributed by atoms with Crippen LogP contribution < -0.4 is 24.7 Å². The number of furan rings is 2. The van der Waals surface area contributed by atoms with Gasteiger partial charge in [0.2, 0.25) is 20.0 Å². The maximum atomic E-state index is 13.5. The molecule has 24 heteroatoms. The molecule has 414 valence electrons. The number of hydrogen-bond acceptors (Lipinski definition) is 12. The highest BCUT2D eigenvalue weighted by atomic mass is 79.9. The Morgan fingerprint density at radius 3 is 1.51 bits per heavy atom. The molecule has 1 saturated heterocycles. The van der Waals surface area contributed by atoms with Gasteiger partial charge in [0.15, 0.2) is 0 Å². The fourth-order valence-corrected chi connectivity index (χ4v) is 10.2. The maximum Gasteiger partial charge on any atom is 0.497 e. The van der Waals surface area contributed by atoms with Crippen LogP contribution in [0.5, 0.6) is 0 Å². The zero-order valence-electron chi connectivity index (χ0n) is 45.0. The predicted octanol–water partition coefficient (Wildman–Crippen LogP) is 9.70. The Balaban J connectivity index is 0.000000164. The molecule has 2 N–H and O–H groups in total. The largest absolute Gasteiger partial charge is 0.497 e. The lowest BCUT2D eigenvalue weighted by molar-refractivity contribution is 0.00578. The summed E-state index contributed by atoms with van der Waals surface area (Å²) in [5.74, 6) is -1.14. The molecule has 4 aromatic carbocycles. The number of sulfonamides is 2. The van der Waals surface area contributed by atoms with Crippen LogP contribution in [0.3, 0.4) is 0 Å². The SMILES string of the molecule is Brc1ccc2nccn2c1.CNC(=O)c1c(-c2ccc(F)cc2)oc2cc(N(C)S(C)(=O)=O)c(-c3ccc4nccn4c3)cc12.CNC(=O)c1c(-c2ccc(F)cc2)oc2cc(N(C)S(C)(=O)=O)c(B3OC(C)(C)C(C)(C)O3)cc12. The van der Waals surface area contributed by atoms with E-state index >= 15 is 0 Å². The first-order valence-corrected chi connectivity index (χ1v) is 29.1. The zero-order chi connectivity index (χ0) is 57.8. The quantitative estimate of drug-likeness (QED) is 0.123. The van der Waals surface area contributed by atoms with Crippen molar-refractivity contribution in [1.29, 1.82) is 0 Å². The molecule has 0 radical (unpaired) electrons. The molecular weight excluding hydrogens is 1140 g/mol. The molecule has 1 fully saturated rings. The van der Waals surface area contributed by atoms with Crippen molar-refractivity contribution in [3.05, 3.63) is 161 Å². The number of hydrogen-bond donors (Lipinski definition) is 2. The number of pyridine rings is 2. The molecule has 0 aliphatic carbocycles. The number of fused-ring (bicyclic) bond motifs is 4. The first kappa shape index (κ1) is 56.8.